The zero-order valence-corrected chi connectivity index (χ0v) is 11.4. The van der Waals surface area contributed by atoms with E-state index in [0.717, 1.165) is 32.5 Å². The number of aromatic nitrogens is 2. The summed E-state index contributed by atoms with van der Waals surface area (Å²) in [5, 5.41) is 3.06. The third-order valence-corrected chi connectivity index (χ3v) is 2.49. The Morgan fingerprint density at radius 2 is 1.89 bits per heavy atom. The third-order valence-electron chi connectivity index (χ3n) is 2.49. The van der Waals surface area contributed by atoms with E-state index < -0.39 is 0 Å². The first-order chi connectivity index (χ1) is 8.72. The molecule has 5 nitrogen and oxygen atoms in total. The summed E-state index contributed by atoms with van der Waals surface area (Å²) in [4.78, 5) is 22.4. The molecule has 1 heterocycles. The van der Waals surface area contributed by atoms with E-state index >= 15 is 0 Å². The maximum atomic E-state index is 12.3. The minimum atomic E-state index is -0.0362. The van der Waals surface area contributed by atoms with Gasteiger partial charge in [-0.05, 0) is 19.8 Å². The highest BCUT2D eigenvalue weighted by molar-refractivity contribution is 5.92. The molecule has 100 valence electrons. The van der Waals surface area contributed by atoms with Crippen LogP contribution in [0, 0.1) is 0 Å². The fraction of sp³-hybridized carbons (Fsp3) is 0.615. The summed E-state index contributed by atoms with van der Waals surface area (Å²) in [5.41, 5.74) is 0.412. The van der Waals surface area contributed by atoms with E-state index in [1.807, 2.05) is 11.8 Å². The van der Waals surface area contributed by atoms with Crippen molar-refractivity contribution in [3.63, 3.8) is 0 Å². The number of nitrogens with zero attached hydrogens (tertiary/aromatic N) is 3. The van der Waals surface area contributed by atoms with Crippen LogP contribution in [0.15, 0.2) is 12.4 Å². The van der Waals surface area contributed by atoms with Gasteiger partial charge in [-0.2, -0.15) is 0 Å². The van der Waals surface area contributed by atoms with Gasteiger partial charge < -0.3 is 10.2 Å². The Bertz CT molecular complexity index is 375. The Morgan fingerprint density at radius 3 is 2.44 bits per heavy atom. The summed E-state index contributed by atoms with van der Waals surface area (Å²) in [6.45, 7) is 8.41. The Morgan fingerprint density at radius 1 is 1.22 bits per heavy atom. The lowest BCUT2D eigenvalue weighted by Gasteiger charge is -2.20. The van der Waals surface area contributed by atoms with Crippen LogP contribution in [0.2, 0.25) is 0 Å². The zero-order chi connectivity index (χ0) is 13.4. The molecule has 1 rings (SSSR count). The monoisotopic (exact) mass is 250 g/mol. The number of carbonyl (C=O) groups excluding carboxylic acids is 1. The molecule has 1 amide bonds. The predicted octanol–water partition coefficient (Wildman–Crippen LogP) is 2.17. The highest BCUT2D eigenvalue weighted by atomic mass is 16.2. The minimum absolute atomic E-state index is 0.0362. The molecule has 5 heteroatoms. The number of nitrogens with one attached hydrogen (secondary N) is 1. The molecule has 0 unspecified atom stereocenters. The van der Waals surface area contributed by atoms with Crippen molar-refractivity contribution >= 4 is 11.7 Å². The Labute approximate surface area is 109 Å². The predicted molar refractivity (Wildman–Crippen MR) is 72.7 cm³/mol. The van der Waals surface area contributed by atoms with Crippen molar-refractivity contribution in [1.29, 1.82) is 0 Å². The van der Waals surface area contributed by atoms with Gasteiger partial charge in [-0.1, -0.05) is 13.8 Å². The number of carbonyl (C=O) groups is 1. The van der Waals surface area contributed by atoms with E-state index in [1.165, 1.54) is 6.20 Å². The van der Waals surface area contributed by atoms with Crippen molar-refractivity contribution < 1.29 is 4.79 Å². The Kier molecular flexibility index (Phi) is 6.11. The molecular weight excluding hydrogens is 228 g/mol. The van der Waals surface area contributed by atoms with Gasteiger partial charge in [-0.25, -0.2) is 4.98 Å². The van der Waals surface area contributed by atoms with Crippen LogP contribution in [0.1, 0.15) is 44.1 Å². The van der Waals surface area contributed by atoms with Crippen molar-refractivity contribution in [2.75, 3.05) is 25.0 Å². The van der Waals surface area contributed by atoms with Crippen molar-refractivity contribution in [3.8, 4) is 0 Å². The first-order valence-corrected chi connectivity index (χ1v) is 6.58. The van der Waals surface area contributed by atoms with Crippen LogP contribution < -0.4 is 5.32 Å². The zero-order valence-electron chi connectivity index (χ0n) is 11.4. The second-order valence-electron chi connectivity index (χ2n) is 4.11. The molecule has 0 aromatic carbocycles. The van der Waals surface area contributed by atoms with Crippen molar-refractivity contribution in [3.05, 3.63) is 18.1 Å². The summed E-state index contributed by atoms with van der Waals surface area (Å²) >= 11 is 0. The molecule has 0 saturated heterocycles. The van der Waals surface area contributed by atoms with Crippen molar-refractivity contribution in [1.82, 2.24) is 14.9 Å². The maximum absolute atomic E-state index is 12.3. The summed E-state index contributed by atoms with van der Waals surface area (Å²) in [6, 6.07) is 0. The van der Waals surface area contributed by atoms with E-state index in [9.17, 15) is 4.79 Å². The van der Waals surface area contributed by atoms with Gasteiger partial charge in [0.1, 0.15) is 11.5 Å². The Hall–Kier alpha value is -1.65. The molecule has 0 radical (unpaired) electrons. The van der Waals surface area contributed by atoms with Gasteiger partial charge >= 0.3 is 0 Å². The molecule has 1 N–H and O–H groups in total. The fourth-order valence-corrected chi connectivity index (χ4v) is 1.75. The van der Waals surface area contributed by atoms with Gasteiger partial charge in [0, 0.05) is 19.6 Å². The lowest BCUT2D eigenvalue weighted by molar-refractivity contribution is 0.0749. The number of amides is 1. The molecular formula is C13H22N4O. The molecule has 1 aromatic rings. The molecule has 0 atom stereocenters. The molecule has 0 aliphatic carbocycles. The summed E-state index contributed by atoms with van der Waals surface area (Å²) in [6.07, 6.45) is 5.06. The van der Waals surface area contributed by atoms with Crippen LogP contribution in [0.4, 0.5) is 5.82 Å². The van der Waals surface area contributed by atoms with E-state index in [2.05, 4.69) is 29.1 Å². The van der Waals surface area contributed by atoms with Crippen LogP contribution in [0.25, 0.3) is 0 Å². The van der Waals surface area contributed by atoms with Gasteiger partial charge in [0.15, 0.2) is 0 Å². The third kappa shape index (κ3) is 3.98. The molecule has 18 heavy (non-hydrogen) atoms. The quantitative estimate of drug-likeness (QED) is 0.805. The highest BCUT2D eigenvalue weighted by Gasteiger charge is 2.16. The van der Waals surface area contributed by atoms with Gasteiger partial charge in [0.2, 0.25) is 0 Å². The lowest BCUT2D eigenvalue weighted by Crippen LogP contribution is -2.33. The number of anilines is 1. The molecule has 0 bridgehead atoms. The Balaban J connectivity index is 2.82. The van der Waals surface area contributed by atoms with E-state index in [4.69, 9.17) is 0 Å². The van der Waals surface area contributed by atoms with Gasteiger partial charge in [0.05, 0.1) is 12.4 Å². The molecule has 1 aromatic heterocycles. The topological polar surface area (TPSA) is 58.1 Å². The number of hydrogen-bond acceptors (Lipinski definition) is 4. The van der Waals surface area contributed by atoms with Gasteiger partial charge in [-0.3, -0.25) is 9.78 Å². The minimum Gasteiger partial charge on any atom is -0.369 e. The van der Waals surface area contributed by atoms with Gasteiger partial charge in [0.25, 0.3) is 5.91 Å². The molecule has 0 fully saturated rings. The van der Waals surface area contributed by atoms with E-state index in [-0.39, 0.29) is 5.91 Å². The second-order valence-corrected chi connectivity index (χ2v) is 4.11. The smallest absolute Gasteiger partial charge is 0.274 e. The molecule has 0 aliphatic heterocycles. The SMILES string of the molecule is CCCN(CCC)C(=O)c1cncc(NCC)n1. The highest BCUT2D eigenvalue weighted by Crippen LogP contribution is 2.06. The van der Waals surface area contributed by atoms with Crippen LogP contribution in [0.3, 0.4) is 0 Å². The largest absolute Gasteiger partial charge is 0.369 e. The first kappa shape index (κ1) is 14.4. The second kappa shape index (κ2) is 7.63. The molecule has 0 saturated carbocycles. The average Bonchev–Trinajstić information content (AvgIpc) is 2.38. The maximum Gasteiger partial charge on any atom is 0.274 e. The van der Waals surface area contributed by atoms with E-state index in [0.29, 0.717) is 11.5 Å². The molecule has 0 spiro atoms. The van der Waals surface area contributed by atoms with Crippen LogP contribution in [-0.4, -0.2) is 40.4 Å². The summed E-state index contributed by atoms with van der Waals surface area (Å²) < 4.78 is 0. The number of rotatable bonds is 7. The van der Waals surface area contributed by atoms with E-state index in [1.54, 1.807) is 6.20 Å². The lowest BCUT2D eigenvalue weighted by atomic mass is 10.3. The summed E-state index contributed by atoms with van der Waals surface area (Å²) in [5.74, 6) is 0.613. The van der Waals surface area contributed by atoms with Crippen molar-refractivity contribution in [2.45, 2.75) is 33.6 Å². The summed E-state index contributed by atoms with van der Waals surface area (Å²) in [7, 11) is 0. The van der Waals surface area contributed by atoms with Crippen LogP contribution in [0.5, 0.6) is 0 Å². The van der Waals surface area contributed by atoms with Crippen molar-refractivity contribution in [2.24, 2.45) is 0 Å². The molecule has 0 aliphatic rings. The van der Waals surface area contributed by atoms with Gasteiger partial charge in [-0.15, -0.1) is 0 Å². The first-order valence-electron chi connectivity index (χ1n) is 6.58. The standard InChI is InChI=1S/C13H22N4O/c1-4-7-17(8-5-2)13(18)11-9-14-10-12(16-11)15-6-3/h9-10H,4-8H2,1-3H3,(H,15,16). The number of hydrogen-bond donors (Lipinski definition) is 1. The van der Waals surface area contributed by atoms with Crippen LogP contribution >= 0.6 is 0 Å². The van der Waals surface area contributed by atoms with Crippen LogP contribution in [-0.2, 0) is 0 Å². The fourth-order valence-electron chi connectivity index (χ4n) is 1.75. The normalized spacial score (nSPS) is 10.2. The average molecular weight is 250 g/mol.